The number of hydrogen-bond donors (Lipinski definition) is 0. The molecule has 0 fully saturated rings. The van der Waals surface area contributed by atoms with Crippen LogP contribution in [0.2, 0.25) is 65.9 Å². The van der Waals surface area contributed by atoms with Gasteiger partial charge in [-0.15, -0.1) is 0 Å². The predicted octanol–water partition coefficient (Wildman–Crippen LogP) is 8.11. The molecule has 0 aromatic heterocycles. The molecule has 1 nitrogen and oxygen atoms in total. The second-order valence-electron chi connectivity index (χ2n) is 12.5. The van der Waals surface area contributed by atoms with Gasteiger partial charge in [0.2, 0.25) is 0 Å². The normalized spacial score (nSPS) is 15.1. The average Bonchev–Trinajstić information content (AvgIpc) is 2.40. The Morgan fingerprint density at radius 2 is 1.14 bits per heavy atom. The number of hydrogen-bond acceptors (Lipinski definition) is 1. The minimum atomic E-state index is -2.34. The molecule has 0 heterocycles. The first kappa shape index (κ1) is 29.3. The fourth-order valence-electron chi connectivity index (χ4n) is 4.33. The van der Waals surface area contributed by atoms with Crippen LogP contribution in [0, 0.1) is 11.5 Å². The molecule has 164 valence electrons. The van der Waals surface area contributed by atoms with Crippen LogP contribution in [0.25, 0.3) is 0 Å². The second kappa shape index (κ2) is 10.7. The molecule has 0 aromatic carbocycles. The monoisotopic (exact) mass is 638 g/mol. The molecule has 0 rings (SSSR count). The number of rotatable bonds is 8. The van der Waals surface area contributed by atoms with Crippen molar-refractivity contribution in [2.24, 2.45) is 0 Å². The van der Waals surface area contributed by atoms with Gasteiger partial charge >= 0.3 is 190 Å². The zero-order valence-electron chi connectivity index (χ0n) is 21.8. The molecule has 0 aromatic rings. The maximum absolute atomic E-state index is 7.12. The average molecular weight is 636 g/mol. The van der Waals surface area contributed by atoms with Gasteiger partial charge in [-0.05, 0) is 0 Å². The standard InChI is InChI=1S/C17H32OSi2.6CH3.2Sn/c1-15(2)20(16(3)4,17(5)6)18-13-11-10-12-14-19(7,8)9;;;;;;;;/h15-17H,13H2,1-9H3;6*1H3;;. The first-order valence-corrected chi connectivity index (χ1v) is 36.8. The van der Waals surface area contributed by atoms with Crippen LogP contribution in [0.15, 0.2) is 7.18 Å². The van der Waals surface area contributed by atoms with Gasteiger partial charge in [-0.25, -0.2) is 0 Å². The molecule has 0 aliphatic carbocycles. The van der Waals surface area contributed by atoms with Crippen LogP contribution < -0.4 is 0 Å². The van der Waals surface area contributed by atoms with Gasteiger partial charge in [0.1, 0.15) is 0 Å². The van der Waals surface area contributed by atoms with Gasteiger partial charge in [-0.1, -0.05) is 0 Å². The fourth-order valence-corrected chi connectivity index (χ4v) is 33.1. The molecule has 28 heavy (non-hydrogen) atoms. The summed E-state index contributed by atoms with van der Waals surface area (Å²) in [5, 5.41) is 0. The van der Waals surface area contributed by atoms with Gasteiger partial charge in [0, 0.05) is 0 Å². The Bertz CT molecular complexity index is 582. The van der Waals surface area contributed by atoms with E-state index in [2.05, 4.69) is 102 Å². The van der Waals surface area contributed by atoms with Crippen LogP contribution in [0.3, 0.4) is 0 Å². The Labute approximate surface area is 188 Å². The zero-order chi connectivity index (χ0) is 22.7. The van der Waals surface area contributed by atoms with Crippen LogP contribution in [0.1, 0.15) is 41.5 Å². The molecule has 0 spiro atoms. The Morgan fingerprint density at radius 3 is 1.39 bits per heavy atom. The predicted molar refractivity (Wildman–Crippen MR) is 142 cm³/mol. The summed E-state index contributed by atoms with van der Waals surface area (Å²) < 4.78 is 10.4. The van der Waals surface area contributed by atoms with E-state index in [-0.39, 0.29) is 0 Å². The molecule has 5 heteroatoms. The summed E-state index contributed by atoms with van der Waals surface area (Å²) in [4.78, 5) is 15.3. The van der Waals surface area contributed by atoms with Gasteiger partial charge in [-0.3, -0.25) is 0 Å². The van der Waals surface area contributed by atoms with E-state index in [0.717, 1.165) is 6.61 Å². The van der Waals surface area contributed by atoms with Gasteiger partial charge in [0.15, 0.2) is 0 Å². The van der Waals surface area contributed by atoms with Crippen LogP contribution >= 0.6 is 0 Å². The van der Waals surface area contributed by atoms with Crippen LogP contribution in [0.4, 0.5) is 0 Å². The fraction of sp³-hybridized carbons (Fsp3) is 0.826. The zero-order valence-corrected chi connectivity index (χ0v) is 29.6. The van der Waals surface area contributed by atoms with Crippen molar-refractivity contribution in [3.63, 3.8) is 0 Å². The van der Waals surface area contributed by atoms with Crippen LogP contribution in [0.5, 0.6) is 0 Å². The Kier molecular flexibility index (Phi) is 11.2. The third-order valence-electron chi connectivity index (χ3n) is 5.69. The third kappa shape index (κ3) is 8.43. The van der Waals surface area contributed by atoms with Crippen molar-refractivity contribution in [2.45, 2.75) is 107 Å². The molecule has 0 aliphatic heterocycles. The van der Waals surface area contributed by atoms with Gasteiger partial charge < -0.3 is 0 Å². The molecule has 0 bridgehead atoms. The summed E-state index contributed by atoms with van der Waals surface area (Å²) in [6.07, 6.45) is 0. The van der Waals surface area contributed by atoms with Crippen molar-refractivity contribution in [1.82, 2.24) is 0 Å². The minimum absolute atomic E-state index is 0.638. The van der Waals surface area contributed by atoms with E-state index in [0.29, 0.717) is 16.6 Å². The Hall–Kier alpha value is 1.29. The molecule has 0 atom stereocenters. The SMILES string of the molecule is CC(C)[Si](OC/[C](=[C](/C#C[Si](C)(C)C)[Sn]([CH3])([CH3])[CH3])[Sn]([CH3])([CH3])[CH3])(C(C)C)C(C)C. The summed E-state index contributed by atoms with van der Waals surface area (Å²) in [6.45, 7) is 22.3. The summed E-state index contributed by atoms with van der Waals surface area (Å²) in [6, 6.07) is 0. The van der Waals surface area contributed by atoms with E-state index in [9.17, 15) is 0 Å². The molecular formula is C23H50OSi2Sn2. The van der Waals surface area contributed by atoms with Crippen molar-refractivity contribution >= 4 is 53.1 Å². The molecule has 0 saturated heterocycles. The van der Waals surface area contributed by atoms with Crippen molar-refractivity contribution in [2.75, 3.05) is 6.61 Å². The molecule has 0 aliphatic rings. The number of allylic oxidation sites excluding steroid dienone is 1. The molecule has 0 radical (unpaired) electrons. The van der Waals surface area contributed by atoms with E-state index < -0.39 is 53.1 Å². The van der Waals surface area contributed by atoms with Gasteiger partial charge in [0.25, 0.3) is 0 Å². The van der Waals surface area contributed by atoms with Crippen molar-refractivity contribution < 1.29 is 4.43 Å². The van der Waals surface area contributed by atoms with E-state index in [4.69, 9.17) is 4.43 Å². The first-order valence-electron chi connectivity index (χ1n) is 11.2. The Morgan fingerprint density at radius 1 is 0.750 bits per heavy atom. The third-order valence-corrected chi connectivity index (χ3v) is 26.5. The first-order chi connectivity index (χ1) is 12.3. The van der Waals surface area contributed by atoms with E-state index in [1.165, 1.54) is 0 Å². The summed E-state index contributed by atoms with van der Waals surface area (Å²) in [5.41, 5.74) is 5.63. The molecule has 0 saturated carbocycles. The van der Waals surface area contributed by atoms with E-state index in [1.54, 1.807) is 7.18 Å². The van der Waals surface area contributed by atoms with Crippen molar-refractivity contribution in [1.29, 1.82) is 0 Å². The van der Waals surface area contributed by atoms with Crippen molar-refractivity contribution in [3.05, 3.63) is 7.18 Å². The summed E-state index contributed by atoms with van der Waals surface area (Å²) >= 11 is -4.68. The molecule has 0 unspecified atom stereocenters. The maximum atomic E-state index is 7.12. The Balaban J connectivity index is 6.50. The summed E-state index contributed by atoms with van der Waals surface area (Å²) in [5.74, 6) is 3.80. The topological polar surface area (TPSA) is 9.23 Å². The van der Waals surface area contributed by atoms with Gasteiger partial charge in [-0.2, -0.15) is 0 Å². The summed E-state index contributed by atoms with van der Waals surface area (Å²) in [7, 11) is -3.24. The van der Waals surface area contributed by atoms with Gasteiger partial charge in [0.05, 0.1) is 0 Å². The molecule has 0 amide bonds. The second-order valence-corrected chi connectivity index (χ2v) is 51.5. The van der Waals surface area contributed by atoms with E-state index in [1.807, 2.05) is 0 Å². The van der Waals surface area contributed by atoms with Crippen LogP contribution in [-0.2, 0) is 4.43 Å². The quantitative estimate of drug-likeness (QED) is 0.193. The van der Waals surface area contributed by atoms with Crippen molar-refractivity contribution in [3.8, 4) is 11.5 Å². The molecule has 0 N–H and O–H groups in total. The van der Waals surface area contributed by atoms with Crippen LogP contribution in [-0.4, -0.2) is 59.8 Å². The van der Waals surface area contributed by atoms with E-state index >= 15 is 0 Å². The molecular weight excluding hydrogens is 586 g/mol.